The van der Waals surface area contributed by atoms with Gasteiger partial charge in [-0.3, -0.25) is 0 Å². The lowest BCUT2D eigenvalue weighted by Gasteiger charge is -2.05. The molecule has 62 valence electrons. The van der Waals surface area contributed by atoms with Gasteiger partial charge < -0.3 is 4.74 Å². The smallest absolute Gasteiger partial charge is 0.148 e. The van der Waals surface area contributed by atoms with Crippen LogP contribution in [-0.4, -0.2) is 12.9 Å². The third kappa shape index (κ3) is 2.21. The van der Waals surface area contributed by atoms with Gasteiger partial charge in [0.15, 0.2) is 0 Å². The minimum absolute atomic E-state index is 0.331. The van der Waals surface area contributed by atoms with Gasteiger partial charge in [-0.2, -0.15) is 0 Å². The molecule has 0 unspecified atom stereocenters. The topological polar surface area (TPSA) is 9.23 Å². The second kappa shape index (κ2) is 4.74. The molecule has 0 spiro atoms. The van der Waals surface area contributed by atoms with E-state index < -0.39 is 0 Å². The summed E-state index contributed by atoms with van der Waals surface area (Å²) in [7, 11) is 0. The van der Waals surface area contributed by atoms with Crippen molar-refractivity contribution < 1.29 is 4.74 Å². The van der Waals surface area contributed by atoms with Crippen LogP contribution >= 0.6 is 11.8 Å². The Morgan fingerprint density at radius 2 is 2.25 bits per heavy atom. The number of hydrogen-bond acceptors (Lipinski definition) is 2. The highest BCUT2D eigenvalue weighted by molar-refractivity contribution is 7.98. The molecule has 0 fully saturated rings. The Kier molecular flexibility index (Phi) is 3.56. The normalized spacial score (nSPS) is 9.00. The fourth-order valence-electron chi connectivity index (χ4n) is 0.857. The summed E-state index contributed by atoms with van der Waals surface area (Å²) >= 11 is 1.65. The summed E-state index contributed by atoms with van der Waals surface area (Å²) in [5.41, 5.74) is 0. The number of hydrogen-bond donors (Lipinski definition) is 0. The first-order chi connectivity index (χ1) is 5.88. The fourth-order valence-corrected chi connectivity index (χ4v) is 1.40. The Morgan fingerprint density at radius 3 is 2.92 bits per heavy atom. The molecule has 0 aromatic heterocycles. The zero-order valence-electron chi connectivity index (χ0n) is 6.91. The maximum atomic E-state index is 5.32. The van der Waals surface area contributed by atoms with E-state index in [2.05, 4.69) is 5.92 Å². The molecule has 0 N–H and O–H groups in total. The molecule has 0 aliphatic rings. The van der Waals surface area contributed by atoms with Crippen LogP contribution in [0.3, 0.4) is 0 Å². The molecule has 0 radical (unpaired) electrons. The van der Waals surface area contributed by atoms with E-state index in [1.54, 1.807) is 11.8 Å². The SMILES string of the molecule is C#CCOc1ccccc1SC. The van der Waals surface area contributed by atoms with Gasteiger partial charge in [0.25, 0.3) is 0 Å². The van der Waals surface area contributed by atoms with Gasteiger partial charge in [-0.15, -0.1) is 18.2 Å². The molecule has 0 atom stereocenters. The molecule has 12 heavy (non-hydrogen) atoms. The van der Waals surface area contributed by atoms with E-state index in [4.69, 9.17) is 11.2 Å². The summed E-state index contributed by atoms with van der Waals surface area (Å²) < 4.78 is 5.32. The molecule has 0 amide bonds. The largest absolute Gasteiger partial charge is 0.480 e. The Labute approximate surface area is 77.1 Å². The second-order valence-electron chi connectivity index (χ2n) is 2.14. The quantitative estimate of drug-likeness (QED) is 0.519. The van der Waals surface area contributed by atoms with Crippen LogP contribution in [0.4, 0.5) is 0 Å². The number of terminal acetylenes is 1. The van der Waals surface area contributed by atoms with Crippen LogP contribution < -0.4 is 4.74 Å². The van der Waals surface area contributed by atoms with Gasteiger partial charge in [-0.25, -0.2) is 0 Å². The van der Waals surface area contributed by atoms with E-state index >= 15 is 0 Å². The van der Waals surface area contributed by atoms with Gasteiger partial charge in [0.1, 0.15) is 12.4 Å². The number of ether oxygens (including phenoxy) is 1. The van der Waals surface area contributed by atoms with Crippen LogP contribution in [0.2, 0.25) is 0 Å². The van der Waals surface area contributed by atoms with Crippen molar-refractivity contribution in [2.24, 2.45) is 0 Å². The van der Waals surface area contributed by atoms with Gasteiger partial charge in [0.05, 0.1) is 0 Å². The van der Waals surface area contributed by atoms with Crippen molar-refractivity contribution in [2.45, 2.75) is 4.90 Å². The van der Waals surface area contributed by atoms with E-state index in [0.717, 1.165) is 10.6 Å². The molecule has 0 aliphatic carbocycles. The van der Waals surface area contributed by atoms with E-state index in [1.165, 1.54) is 0 Å². The van der Waals surface area contributed by atoms with E-state index in [-0.39, 0.29) is 0 Å². The van der Waals surface area contributed by atoms with Crippen molar-refractivity contribution in [1.82, 2.24) is 0 Å². The molecule has 0 saturated heterocycles. The lowest BCUT2D eigenvalue weighted by molar-refractivity contribution is 0.361. The summed E-state index contributed by atoms with van der Waals surface area (Å²) in [5, 5.41) is 0. The first-order valence-electron chi connectivity index (χ1n) is 3.57. The second-order valence-corrected chi connectivity index (χ2v) is 2.99. The van der Waals surface area contributed by atoms with Crippen molar-refractivity contribution in [3.05, 3.63) is 24.3 Å². The third-order valence-electron chi connectivity index (χ3n) is 1.38. The standard InChI is InChI=1S/C10H10OS/c1-3-8-11-9-6-4-5-7-10(9)12-2/h1,4-7H,8H2,2H3. The third-order valence-corrected chi connectivity index (χ3v) is 2.16. The summed E-state index contributed by atoms with van der Waals surface area (Å²) in [4.78, 5) is 1.12. The predicted octanol–water partition coefficient (Wildman–Crippen LogP) is 2.42. The van der Waals surface area contributed by atoms with E-state index in [9.17, 15) is 0 Å². The monoisotopic (exact) mass is 178 g/mol. The molecule has 2 heteroatoms. The van der Waals surface area contributed by atoms with Gasteiger partial charge in [0.2, 0.25) is 0 Å². The summed E-state index contributed by atoms with van der Waals surface area (Å²) in [6, 6.07) is 7.85. The molecule has 0 heterocycles. The molecule has 0 bridgehead atoms. The van der Waals surface area contributed by atoms with Gasteiger partial charge >= 0.3 is 0 Å². The highest BCUT2D eigenvalue weighted by atomic mass is 32.2. The average Bonchev–Trinajstić information content (AvgIpc) is 2.15. The van der Waals surface area contributed by atoms with Crippen molar-refractivity contribution in [1.29, 1.82) is 0 Å². The Hall–Kier alpha value is -1.07. The van der Waals surface area contributed by atoms with Crippen LogP contribution in [0.15, 0.2) is 29.2 Å². The van der Waals surface area contributed by atoms with Gasteiger partial charge in [0, 0.05) is 4.90 Å². The lowest BCUT2D eigenvalue weighted by Crippen LogP contribution is -1.94. The first-order valence-corrected chi connectivity index (χ1v) is 4.80. The number of rotatable bonds is 3. The Morgan fingerprint density at radius 1 is 1.50 bits per heavy atom. The van der Waals surface area contributed by atoms with Crippen LogP contribution in [0, 0.1) is 12.3 Å². The van der Waals surface area contributed by atoms with Crippen LogP contribution in [0.1, 0.15) is 0 Å². The van der Waals surface area contributed by atoms with Crippen LogP contribution in [-0.2, 0) is 0 Å². The van der Waals surface area contributed by atoms with E-state index in [0.29, 0.717) is 6.61 Å². The molecular formula is C10H10OS. The number of benzene rings is 1. The molecular weight excluding hydrogens is 168 g/mol. The van der Waals surface area contributed by atoms with Gasteiger partial charge in [-0.1, -0.05) is 18.1 Å². The summed E-state index contributed by atoms with van der Waals surface area (Å²) in [5.74, 6) is 3.30. The predicted molar refractivity (Wildman–Crippen MR) is 52.6 cm³/mol. The highest BCUT2D eigenvalue weighted by Gasteiger charge is 1.98. The lowest BCUT2D eigenvalue weighted by atomic mass is 10.3. The zero-order valence-corrected chi connectivity index (χ0v) is 7.73. The minimum Gasteiger partial charge on any atom is -0.480 e. The average molecular weight is 178 g/mol. The maximum Gasteiger partial charge on any atom is 0.148 e. The summed E-state index contributed by atoms with van der Waals surface area (Å²) in [6.45, 7) is 0.331. The van der Waals surface area contributed by atoms with Gasteiger partial charge in [-0.05, 0) is 18.4 Å². The zero-order chi connectivity index (χ0) is 8.81. The number of para-hydroxylation sites is 1. The number of thioether (sulfide) groups is 1. The molecule has 1 rings (SSSR count). The van der Waals surface area contributed by atoms with Crippen molar-refractivity contribution in [3.63, 3.8) is 0 Å². The van der Waals surface area contributed by atoms with Crippen LogP contribution in [0.5, 0.6) is 5.75 Å². The summed E-state index contributed by atoms with van der Waals surface area (Å²) in [6.07, 6.45) is 7.10. The minimum atomic E-state index is 0.331. The maximum absolute atomic E-state index is 5.32. The first kappa shape index (κ1) is 9.02. The van der Waals surface area contributed by atoms with Crippen molar-refractivity contribution in [3.8, 4) is 18.1 Å². The fraction of sp³-hybridized carbons (Fsp3) is 0.200. The molecule has 0 aliphatic heterocycles. The molecule has 1 aromatic carbocycles. The molecule has 1 nitrogen and oxygen atoms in total. The van der Waals surface area contributed by atoms with Crippen molar-refractivity contribution in [2.75, 3.05) is 12.9 Å². The van der Waals surface area contributed by atoms with Crippen molar-refractivity contribution >= 4 is 11.8 Å². The van der Waals surface area contributed by atoms with E-state index in [1.807, 2.05) is 30.5 Å². The van der Waals surface area contributed by atoms with Crippen LogP contribution in [0.25, 0.3) is 0 Å². The highest BCUT2D eigenvalue weighted by Crippen LogP contribution is 2.26. The Bertz CT molecular complexity index is 288. The Balaban J connectivity index is 2.76. The molecule has 1 aromatic rings. The molecule has 0 saturated carbocycles.